The molecule has 1 aliphatic carbocycles. The van der Waals surface area contributed by atoms with Crippen LogP contribution >= 0.6 is 0 Å². The maximum absolute atomic E-state index is 12.9. The summed E-state index contributed by atoms with van der Waals surface area (Å²) in [5, 5.41) is 4.74. The normalized spacial score (nSPS) is 15.9. The summed E-state index contributed by atoms with van der Waals surface area (Å²) in [5.74, 6) is 2.73. The topological polar surface area (TPSA) is 80.9 Å². The van der Waals surface area contributed by atoms with Crippen LogP contribution in [0.5, 0.6) is 0 Å². The molecule has 0 spiro atoms. The van der Waals surface area contributed by atoms with Gasteiger partial charge in [-0.05, 0) is 19.3 Å². The molecule has 3 aromatic rings. The Balaban J connectivity index is 1.98. The minimum Gasteiger partial charge on any atom is -0.336 e. The Kier molecular flexibility index (Phi) is 3.86. The van der Waals surface area contributed by atoms with Gasteiger partial charge in [0.1, 0.15) is 5.82 Å². The van der Waals surface area contributed by atoms with Gasteiger partial charge in [-0.2, -0.15) is 9.50 Å². The van der Waals surface area contributed by atoms with E-state index in [9.17, 15) is 4.79 Å². The highest BCUT2D eigenvalue weighted by molar-refractivity contribution is 5.72. The second-order valence-electron chi connectivity index (χ2n) is 6.71. The summed E-state index contributed by atoms with van der Waals surface area (Å²) in [7, 11) is 0. The largest absolute Gasteiger partial charge is 0.336 e. The maximum Gasteiger partial charge on any atom is 0.281 e. The summed E-state index contributed by atoms with van der Waals surface area (Å²) in [5.41, 5.74) is 1.11. The minimum atomic E-state index is -0.0384. The molecule has 0 bridgehead atoms. The van der Waals surface area contributed by atoms with E-state index in [2.05, 4.69) is 16.9 Å². The lowest BCUT2D eigenvalue weighted by atomic mass is 10.1. The number of hydrogen-bond acceptors (Lipinski definition) is 4. The molecule has 0 radical (unpaired) electrons. The molecule has 7 nitrogen and oxygen atoms in total. The molecular weight excluding hydrogens is 304 g/mol. The quantitative estimate of drug-likeness (QED) is 0.781. The lowest BCUT2D eigenvalue weighted by Crippen LogP contribution is -2.23. The van der Waals surface area contributed by atoms with E-state index in [0.717, 1.165) is 43.8 Å². The van der Waals surface area contributed by atoms with Gasteiger partial charge in [0.2, 0.25) is 5.78 Å². The third-order valence-corrected chi connectivity index (χ3v) is 5.03. The molecule has 0 aliphatic heterocycles. The molecule has 0 amide bonds. The molecule has 0 unspecified atom stereocenters. The van der Waals surface area contributed by atoms with E-state index in [-0.39, 0.29) is 5.56 Å². The molecule has 0 aromatic carbocycles. The highest BCUT2D eigenvalue weighted by Gasteiger charge is 2.24. The molecule has 1 N–H and O–H groups in total. The van der Waals surface area contributed by atoms with E-state index in [4.69, 9.17) is 10.1 Å². The van der Waals surface area contributed by atoms with Gasteiger partial charge in [-0.15, -0.1) is 5.10 Å². The Morgan fingerprint density at radius 2 is 2.00 bits per heavy atom. The van der Waals surface area contributed by atoms with Gasteiger partial charge in [0, 0.05) is 18.9 Å². The highest BCUT2D eigenvalue weighted by atomic mass is 16.1. The van der Waals surface area contributed by atoms with E-state index in [1.54, 1.807) is 9.08 Å². The molecule has 3 aromatic heterocycles. The predicted octanol–water partition coefficient (Wildman–Crippen LogP) is 2.79. The molecule has 7 heteroatoms. The van der Waals surface area contributed by atoms with Crippen molar-refractivity contribution in [3.8, 4) is 0 Å². The van der Waals surface area contributed by atoms with E-state index in [1.807, 2.05) is 6.92 Å². The van der Waals surface area contributed by atoms with E-state index >= 15 is 0 Å². The Morgan fingerprint density at radius 1 is 1.21 bits per heavy atom. The molecule has 24 heavy (non-hydrogen) atoms. The van der Waals surface area contributed by atoms with Crippen molar-refractivity contribution in [1.82, 2.24) is 29.1 Å². The first-order valence-electron chi connectivity index (χ1n) is 9.11. The van der Waals surface area contributed by atoms with Crippen LogP contribution in [0.4, 0.5) is 0 Å². The van der Waals surface area contributed by atoms with Gasteiger partial charge < -0.3 is 4.98 Å². The van der Waals surface area contributed by atoms with E-state index in [1.165, 1.54) is 12.8 Å². The lowest BCUT2D eigenvalue weighted by molar-refractivity contribution is 0.618. The standard InChI is InChI=1S/C17H24N6O/c1-3-5-10-22-16(24)13-15(19-12(4-2)18-13)23-17(22)20-14(21-23)11-8-6-7-9-11/h11H,3-10H2,1-2H3,(H,18,19). The van der Waals surface area contributed by atoms with Crippen LogP contribution < -0.4 is 5.56 Å². The summed E-state index contributed by atoms with van der Waals surface area (Å²) >= 11 is 0. The van der Waals surface area contributed by atoms with E-state index in [0.29, 0.717) is 29.4 Å². The molecule has 1 saturated carbocycles. The number of nitrogens with zero attached hydrogens (tertiary/aromatic N) is 5. The van der Waals surface area contributed by atoms with Gasteiger partial charge in [0.15, 0.2) is 17.0 Å². The number of aromatic amines is 1. The third-order valence-electron chi connectivity index (χ3n) is 5.03. The first-order chi connectivity index (χ1) is 11.7. The Bertz CT molecular complexity index is 928. The number of hydrogen-bond donors (Lipinski definition) is 1. The van der Waals surface area contributed by atoms with Crippen molar-refractivity contribution in [2.24, 2.45) is 0 Å². The summed E-state index contributed by atoms with van der Waals surface area (Å²) in [4.78, 5) is 25.4. The fourth-order valence-electron chi connectivity index (χ4n) is 3.62. The molecule has 0 saturated heterocycles. The first kappa shape index (κ1) is 15.4. The van der Waals surface area contributed by atoms with Crippen LogP contribution in [0.1, 0.15) is 69.9 Å². The summed E-state index contributed by atoms with van der Waals surface area (Å²) in [6, 6.07) is 0. The van der Waals surface area contributed by atoms with Crippen molar-refractivity contribution < 1.29 is 0 Å². The number of imidazole rings is 1. The Morgan fingerprint density at radius 3 is 2.71 bits per heavy atom. The van der Waals surface area contributed by atoms with Crippen LogP contribution in [0.2, 0.25) is 0 Å². The fourth-order valence-corrected chi connectivity index (χ4v) is 3.62. The number of nitrogens with one attached hydrogen (secondary N) is 1. The monoisotopic (exact) mass is 328 g/mol. The molecular formula is C17H24N6O. The summed E-state index contributed by atoms with van der Waals surface area (Å²) < 4.78 is 3.53. The van der Waals surface area contributed by atoms with Crippen LogP contribution in [0, 0.1) is 0 Å². The second-order valence-corrected chi connectivity index (χ2v) is 6.71. The molecule has 4 rings (SSSR count). The zero-order chi connectivity index (χ0) is 16.7. The summed E-state index contributed by atoms with van der Waals surface area (Å²) in [6.45, 7) is 4.81. The number of rotatable bonds is 5. The van der Waals surface area contributed by atoms with Crippen molar-refractivity contribution >= 4 is 16.9 Å². The van der Waals surface area contributed by atoms with Gasteiger partial charge in [0.25, 0.3) is 5.56 Å². The zero-order valence-corrected chi connectivity index (χ0v) is 14.4. The van der Waals surface area contributed by atoms with Gasteiger partial charge in [-0.1, -0.05) is 33.1 Å². The van der Waals surface area contributed by atoms with Crippen molar-refractivity contribution in [3.63, 3.8) is 0 Å². The minimum absolute atomic E-state index is 0.0384. The van der Waals surface area contributed by atoms with E-state index < -0.39 is 0 Å². The molecule has 128 valence electrons. The number of aromatic nitrogens is 6. The number of fused-ring (bicyclic) bond motifs is 3. The highest BCUT2D eigenvalue weighted by Crippen LogP contribution is 2.32. The second kappa shape index (κ2) is 6.03. The van der Waals surface area contributed by atoms with Crippen LogP contribution in [0.15, 0.2) is 4.79 Å². The van der Waals surface area contributed by atoms with Crippen LogP contribution in [0.25, 0.3) is 16.9 Å². The zero-order valence-electron chi connectivity index (χ0n) is 14.4. The number of aryl methyl sites for hydroxylation is 2. The molecule has 0 atom stereocenters. The van der Waals surface area contributed by atoms with Gasteiger partial charge in [-0.3, -0.25) is 9.36 Å². The van der Waals surface area contributed by atoms with Crippen LogP contribution in [0.3, 0.4) is 0 Å². The molecule has 3 heterocycles. The van der Waals surface area contributed by atoms with Gasteiger partial charge in [-0.25, -0.2) is 4.98 Å². The van der Waals surface area contributed by atoms with Crippen LogP contribution in [-0.4, -0.2) is 29.1 Å². The van der Waals surface area contributed by atoms with Crippen molar-refractivity contribution in [1.29, 1.82) is 0 Å². The Hall–Kier alpha value is -2.18. The third kappa shape index (κ3) is 2.34. The summed E-state index contributed by atoms with van der Waals surface area (Å²) in [6.07, 6.45) is 7.49. The van der Waals surface area contributed by atoms with Gasteiger partial charge >= 0.3 is 0 Å². The first-order valence-corrected chi connectivity index (χ1v) is 9.11. The molecule has 1 fully saturated rings. The number of H-pyrrole nitrogens is 1. The SMILES string of the molecule is CCCCn1c(=O)c2[nH]c(CC)nc2n2nc(C3CCCC3)nc12. The lowest BCUT2D eigenvalue weighted by Gasteiger charge is -2.05. The van der Waals surface area contributed by atoms with Crippen LogP contribution in [-0.2, 0) is 13.0 Å². The Labute approximate surface area is 140 Å². The maximum atomic E-state index is 12.9. The predicted molar refractivity (Wildman–Crippen MR) is 92.4 cm³/mol. The number of unbranched alkanes of at least 4 members (excludes halogenated alkanes) is 1. The average Bonchev–Trinajstić information content (AvgIpc) is 3.31. The molecule has 1 aliphatic rings. The van der Waals surface area contributed by atoms with Crippen molar-refractivity contribution in [2.45, 2.75) is 71.3 Å². The average molecular weight is 328 g/mol. The fraction of sp³-hybridized carbons (Fsp3) is 0.647. The van der Waals surface area contributed by atoms with Crippen molar-refractivity contribution in [2.75, 3.05) is 0 Å². The van der Waals surface area contributed by atoms with Crippen molar-refractivity contribution in [3.05, 3.63) is 22.0 Å². The smallest absolute Gasteiger partial charge is 0.281 e. The van der Waals surface area contributed by atoms with Gasteiger partial charge in [0.05, 0.1) is 0 Å².